The number of benzene rings is 1. The Hall–Kier alpha value is -1.88. The van der Waals surface area contributed by atoms with Crippen molar-refractivity contribution in [3.8, 4) is 0 Å². The van der Waals surface area contributed by atoms with Crippen LogP contribution in [0.5, 0.6) is 0 Å². The van der Waals surface area contributed by atoms with E-state index >= 15 is 0 Å². The number of rotatable bonds is 3. The molecule has 1 amide bonds. The van der Waals surface area contributed by atoms with Crippen LogP contribution < -0.4 is 10.6 Å². The molecule has 0 aliphatic heterocycles. The number of nitrogens with zero attached hydrogens (tertiary/aromatic N) is 1. The van der Waals surface area contributed by atoms with Crippen LogP contribution in [0.1, 0.15) is 12.8 Å². The number of carbonyl (C=O) groups excluding carboxylic acids is 1. The van der Waals surface area contributed by atoms with Gasteiger partial charge < -0.3 is 15.1 Å². The summed E-state index contributed by atoms with van der Waals surface area (Å²) in [5, 5.41) is 5.69. The largest absolute Gasteiger partial charge is 0.441 e. The first-order chi connectivity index (χ1) is 8.10. The highest BCUT2D eigenvalue weighted by atomic mass is 16.3. The van der Waals surface area contributed by atoms with Gasteiger partial charge in [0.25, 0.3) is 0 Å². The highest BCUT2D eigenvalue weighted by Crippen LogP contribution is 2.19. The molecule has 0 aliphatic rings. The third kappa shape index (κ3) is 2.45. The van der Waals surface area contributed by atoms with Crippen LogP contribution >= 0.6 is 0 Å². The van der Waals surface area contributed by atoms with E-state index in [0.717, 1.165) is 16.8 Å². The number of oxazole rings is 1. The van der Waals surface area contributed by atoms with Gasteiger partial charge in [0.2, 0.25) is 5.91 Å². The summed E-state index contributed by atoms with van der Waals surface area (Å²) in [6, 6.07) is 5.17. The average molecular weight is 233 g/mol. The maximum atomic E-state index is 11.7. The molecule has 17 heavy (non-hydrogen) atoms. The molecule has 1 unspecified atom stereocenters. The van der Waals surface area contributed by atoms with E-state index in [2.05, 4.69) is 15.6 Å². The van der Waals surface area contributed by atoms with E-state index in [-0.39, 0.29) is 11.9 Å². The molecule has 1 aromatic heterocycles. The zero-order valence-corrected chi connectivity index (χ0v) is 10.1. The molecule has 0 aliphatic carbocycles. The summed E-state index contributed by atoms with van der Waals surface area (Å²) in [5.74, 6) is 0.541. The van der Waals surface area contributed by atoms with Crippen LogP contribution in [-0.4, -0.2) is 24.0 Å². The van der Waals surface area contributed by atoms with Crippen molar-refractivity contribution in [3.63, 3.8) is 0 Å². The molecule has 0 saturated carbocycles. The number of likely N-dealkylation sites (N-methyl/N-ethyl adjacent to an activating group) is 1. The Balaban J connectivity index is 2.22. The van der Waals surface area contributed by atoms with Crippen molar-refractivity contribution in [2.24, 2.45) is 0 Å². The van der Waals surface area contributed by atoms with Gasteiger partial charge in [0, 0.05) is 12.6 Å². The van der Waals surface area contributed by atoms with Gasteiger partial charge in [-0.25, -0.2) is 4.98 Å². The zero-order valence-electron chi connectivity index (χ0n) is 10.1. The first kappa shape index (κ1) is 11.6. The second kappa shape index (κ2) is 4.55. The van der Waals surface area contributed by atoms with Crippen LogP contribution in [-0.2, 0) is 4.79 Å². The summed E-state index contributed by atoms with van der Waals surface area (Å²) in [4.78, 5) is 15.9. The lowest BCUT2D eigenvalue weighted by molar-refractivity contribution is -0.117. The van der Waals surface area contributed by atoms with Gasteiger partial charge in [0.1, 0.15) is 5.52 Å². The Kier molecular flexibility index (Phi) is 3.10. The van der Waals surface area contributed by atoms with Crippen molar-refractivity contribution in [2.45, 2.75) is 19.9 Å². The molecule has 0 saturated heterocycles. The lowest BCUT2D eigenvalue weighted by Gasteiger charge is -2.10. The predicted octanol–water partition coefficient (Wildman–Crippen LogP) is 1.68. The van der Waals surface area contributed by atoms with Gasteiger partial charge >= 0.3 is 0 Å². The average Bonchev–Trinajstić information content (AvgIpc) is 2.67. The van der Waals surface area contributed by atoms with Gasteiger partial charge in [-0.1, -0.05) is 0 Å². The molecule has 2 N–H and O–H groups in total. The highest BCUT2D eigenvalue weighted by Gasteiger charge is 2.11. The lowest BCUT2D eigenvalue weighted by atomic mass is 10.2. The second-order valence-electron chi connectivity index (χ2n) is 3.92. The molecule has 0 bridgehead atoms. The zero-order chi connectivity index (χ0) is 12.4. The maximum absolute atomic E-state index is 11.7. The van der Waals surface area contributed by atoms with E-state index in [4.69, 9.17) is 4.42 Å². The molecule has 1 atom stereocenters. The summed E-state index contributed by atoms with van der Waals surface area (Å²) in [6.07, 6.45) is 0. The Morgan fingerprint density at radius 1 is 1.47 bits per heavy atom. The van der Waals surface area contributed by atoms with Crippen molar-refractivity contribution in [2.75, 3.05) is 12.4 Å². The molecule has 1 heterocycles. The molecular formula is C12H15N3O2. The third-order valence-electron chi connectivity index (χ3n) is 2.59. The van der Waals surface area contributed by atoms with Crippen LogP contribution in [0.4, 0.5) is 5.69 Å². The van der Waals surface area contributed by atoms with Gasteiger partial charge in [-0.05, 0) is 32.2 Å². The van der Waals surface area contributed by atoms with E-state index < -0.39 is 0 Å². The number of nitrogens with one attached hydrogen (secondary N) is 2. The number of amides is 1. The summed E-state index contributed by atoms with van der Waals surface area (Å²) in [7, 11) is 1.74. The molecule has 5 nitrogen and oxygen atoms in total. The summed E-state index contributed by atoms with van der Waals surface area (Å²) < 4.78 is 5.36. The predicted molar refractivity (Wildman–Crippen MR) is 65.9 cm³/mol. The van der Waals surface area contributed by atoms with E-state index in [1.54, 1.807) is 39.1 Å². The van der Waals surface area contributed by atoms with E-state index in [9.17, 15) is 4.79 Å². The quantitative estimate of drug-likeness (QED) is 0.846. The minimum absolute atomic E-state index is 0.0768. The molecule has 2 aromatic rings. The molecular weight excluding hydrogens is 218 g/mol. The number of hydrogen-bond acceptors (Lipinski definition) is 4. The number of carbonyl (C=O) groups is 1. The van der Waals surface area contributed by atoms with Crippen LogP contribution in [0.15, 0.2) is 22.6 Å². The van der Waals surface area contributed by atoms with Gasteiger partial charge in [0.15, 0.2) is 11.5 Å². The molecule has 5 heteroatoms. The van der Waals surface area contributed by atoms with E-state index in [1.165, 1.54) is 0 Å². The van der Waals surface area contributed by atoms with E-state index in [0.29, 0.717) is 5.89 Å². The standard InChI is InChI=1S/C12H15N3O2/c1-7(13-3)12(16)15-9-4-5-11-10(6-9)14-8(2)17-11/h4-7,13H,1-3H3,(H,15,16). The van der Waals surface area contributed by atoms with Crippen LogP contribution in [0.2, 0.25) is 0 Å². The Morgan fingerprint density at radius 3 is 2.94 bits per heavy atom. The monoisotopic (exact) mass is 233 g/mol. The topological polar surface area (TPSA) is 67.2 Å². The normalized spacial score (nSPS) is 12.6. The van der Waals surface area contributed by atoms with Gasteiger partial charge in [-0.15, -0.1) is 0 Å². The molecule has 0 fully saturated rings. The number of aromatic nitrogens is 1. The SMILES string of the molecule is CNC(C)C(=O)Nc1ccc2oc(C)nc2c1. The number of fused-ring (bicyclic) bond motifs is 1. The summed E-state index contributed by atoms with van der Waals surface area (Å²) in [6.45, 7) is 3.59. The Morgan fingerprint density at radius 2 is 2.24 bits per heavy atom. The van der Waals surface area contributed by atoms with Crippen LogP contribution in [0.3, 0.4) is 0 Å². The minimum Gasteiger partial charge on any atom is -0.441 e. The highest BCUT2D eigenvalue weighted by molar-refractivity contribution is 5.95. The minimum atomic E-state index is -0.232. The van der Waals surface area contributed by atoms with Crippen molar-refractivity contribution in [3.05, 3.63) is 24.1 Å². The Labute approximate surface area is 99.2 Å². The summed E-state index contributed by atoms with van der Waals surface area (Å²) in [5.41, 5.74) is 2.19. The third-order valence-corrected chi connectivity index (χ3v) is 2.59. The van der Waals surface area contributed by atoms with Crippen molar-refractivity contribution in [1.82, 2.24) is 10.3 Å². The van der Waals surface area contributed by atoms with Gasteiger partial charge in [0.05, 0.1) is 6.04 Å². The maximum Gasteiger partial charge on any atom is 0.241 e. The van der Waals surface area contributed by atoms with Crippen molar-refractivity contribution < 1.29 is 9.21 Å². The van der Waals surface area contributed by atoms with Crippen LogP contribution in [0, 0.1) is 6.92 Å². The molecule has 90 valence electrons. The molecule has 1 aromatic carbocycles. The Bertz CT molecular complexity index is 548. The number of hydrogen-bond donors (Lipinski definition) is 2. The van der Waals surface area contributed by atoms with Crippen molar-refractivity contribution >= 4 is 22.7 Å². The number of aryl methyl sites for hydroxylation is 1. The van der Waals surface area contributed by atoms with Crippen LogP contribution in [0.25, 0.3) is 11.1 Å². The fraction of sp³-hybridized carbons (Fsp3) is 0.333. The summed E-state index contributed by atoms with van der Waals surface area (Å²) >= 11 is 0. The second-order valence-corrected chi connectivity index (χ2v) is 3.92. The molecule has 0 radical (unpaired) electrons. The van der Waals surface area contributed by atoms with Crippen molar-refractivity contribution in [1.29, 1.82) is 0 Å². The first-order valence-corrected chi connectivity index (χ1v) is 5.45. The fourth-order valence-electron chi connectivity index (χ4n) is 1.50. The van der Waals surface area contributed by atoms with Gasteiger partial charge in [-0.3, -0.25) is 4.79 Å². The lowest BCUT2D eigenvalue weighted by Crippen LogP contribution is -2.35. The fourth-order valence-corrected chi connectivity index (χ4v) is 1.50. The van der Waals surface area contributed by atoms with E-state index in [1.807, 2.05) is 0 Å². The van der Waals surface area contributed by atoms with Gasteiger partial charge in [-0.2, -0.15) is 0 Å². The molecule has 2 rings (SSSR count). The first-order valence-electron chi connectivity index (χ1n) is 5.45. The molecule has 0 spiro atoms. The number of anilines is 1. The smallest absolute Gasteiger partial charge is 0.241 e.